The van der Waals surface area contributed by atoms with Crippen molar-refractivity contribution in [3.05, 3.63) is 59.2 Å². The summed E-state index contributed by atoms with van der Waals surface area (Å²) in [5, 5.41) is 5.63. The van der Waals surface area contributed by atoms with Crippen LogP contribution in [0.25, 0.3) is 0 Å². The molecule has 0 aliphatic rings. The van der Waals surface area contributed by atoms with E-state index < -0.39 is 22.0 Å². The average molecular weight is 460 g/mol. The number of carbonyl (C=O) groups excluding carboxylic acids is 2. The Kier molecular flexibility index (Phi) is 8.58. The molecule has 0 aromatic heterocycles. The Hall–Kier alpha value is -2.71. The summed E-state index contributed by atoms with van der Waals surface area (Å²) < 4.78 is 26.9. The van der Waals surface area contributed by atoms with Crippen molar-refractivity contribution < 1.29 is 18.0 Å². The van der Waals surface area contributed by atoms with E-state index in [0.717, 1.165) is 11.1 Å². The number of rotatable bonds is 9. The van der Waals surface area contributed by atoms with E-state index in [4.69, 9.17) is 0 Å². The number of hydrogen-bond donors (Lipinski definition) is 2. The highest BCUT2D eigenvalue weighted by molar-refractivity contribution is 7.89. The van der Waals surface area contributed by atoms with Gasteiger partial charge < -0.3 is 10.6 Å². The molecule has 0 spiro atoms. The maximum atomic E-state index is 12.9. The summed E-state index contributed by atoms with van der Waals surface area (Å²) in [6, 6.07) is 10.8. The maximum Gasteiger partial charge on any atom is 0.251 e. The van der Waals surface area contributed by atoms with Crippen LogP contribution in [0.5, 0.6) is 0 Å². The third-order valence-corrected chi connectivity index (χ3v) is 7.21. The number of amides is 2. The van der Waals surface area contributed by atoms with Crippen LogP contribution in [0.15, 0.2) is 47.4 Å². The summed E-state index contributed by atoms with van der Waals surface area (Å²) in [6.07, 6.45) is 0. The molecule has 32 heavy (non-hydrogen) atoms. The molecule has 2 aromatic rings. The predicted molar refractivity (Wildman–Crippen MR) is 127 cm³/mol. The van der Waals surface area contributed by atoms with E-state index in [0.29, 0.717) is 18.8 Å². The SMILES string of the molecule is CCN(CC)S(=O)(=O)c1cccc(C(=O)N[C@@H](C(=O)Nc2cc(C)cc(C)c2)C(C)C)c1. The van der Waals surface area contributed by atoms with Crippen molar-refractivity contribution in [2.45, 2.75) is 52.5 Å². The number of nitrogens with one attached hydrogen (secondary N) is 2. The normalized spacial score (nSPS) is 12.6. The molecule has 0 aliphatic heterocycles. The Morgan fingerprint density at radius 2 is 1.56 bits per heavy atom. The molecule has 0 heterocycles. The predicted octanol–water partition coefficient (Wildman–Crippen LogP) is 3.73. The van der Waals surface area contributed by atoms with Gasteiger partial charge in [-0.2, -0.15) is 4.31 Å². The van der Waals surface area contributed by atoms with Gasteiger partial charge in [0.05, 0.1) is 4.90 Å². The van der Waals surface area contributed by atoms with Crippen LogP contribution in [0.2, 0.25) is 0 Å². The fourth-order valence-corrected chi connectivity index (χ4v) is 5.04. The molecule has 0 bridgehead atoms. The van der Waals surface area contributed by atoms with E-state index >= 15 is 0 Å². The van der Waals surface area contributed by atoms with Gasteiger partial charge in [-0.25, -0.2) is 8.42 Å². The summed E-state index contributed by atoms with van der Waals surface area (Å²) in [4.78, 5) is 25.9. The van der Waals surface area contributed by atoms with Crippen molar-refractivity contribution in [3.8, 4) is 0 Å². The van der Waals surface area contributed by atoms with E-state index in [1.165, 1.54) is 28.6 Å². The third-order valence-electron chi connectivity index (χ3n) is 5.16. The van der Waals surface area contributed by atoms with E-state index in [1.807, 2.05) is 45.9 Å². The third kappa shape index (κ3) is 6.17. The van der Waals surface area contributed by atoms with E-state index in [2.05, 4.69) is 10.6 Å². The quantitative estimate of drug-likeness (QED) is 0.597. The minimum absolute atomic E-state index is 0.0506. The highest BCUT2D eigenvalue weighted by Crippen LogP contribution is 2.18. The van der Waals surface area contributed by atoms with Gasteiger partial charge in [-0.15, -0.1) is 0 Å². The first-order chi connectivity index (χ1) is 15.0. The number of nitrogens with zero attached hydrogens (tertiary/aromatic N) is 1. The van der Waals surface area contributed by atoms with Gasteiger partial charge in [0.2, 0.25) is 15.9 Å². The van der Waals surface area contributed by atoms with Gasteiger partial charge in [0.15, 0.2) is 0 Å². The summed E-state index contributed by atoms with van der Waals surface area (Å²) in [5.41, 5.74) is 2.90. The molecule has 1 atom stereocenters. The zero-order valence-corrected chi connectivity index (χ0v) is 20.4. The van der Waals surface area contributed by atoms with E-state index in [9.17, 15) is 18.0 Å². The summed E-state index contributed by atoms with van der Waals surface area (Å²) in [5.74, 6) is -1.01. The topological polar surface area (TPSA) is 95.6 Å². The van der Waals surface area contributed by atoms with Crippen LogP contribution >= 0.6 is 0 Å². The monoisotopic (exact) mass is 459 g/mol. The fraction of sp³-hybridized carbons (Fsp3) is 0.417. The smallest absolute Gasteiger partial charge is 0.251 e. The number of anilines is 1. The van der Waals surface area contributed by atoms with E-state index in [-0.39, 0.29) is 22.3 Å². The van der Waals surface area contributed by atoms with Crippen LogP contribution in [0.3, 0.4) is 0 Å². The van der Waals surface area contributed by atoms with Gasteiger partial charge in [-0.05, 0) is 61.2 Å². The van der Waals surface area contributed by atoms with Crippen molar-refractivity contribution >= 4 is 27.5 Å². The Balaban J connectivity index is 2.24. The van der Waals surface area contributed by atoms with E-state index in [1.54, 1.807) is 13.8 Å². The first-order valence-electron chi connectivity index (χ1n) is 10.8. The molecule has 2 N–H and O–H groups in total. The lowest BCUT2D eigenvalue weighted by Gasteiger charge is -2.22. The molecule has 2 amide bonds. The second-order valence-electron chi connectivity index (χ2n) is 8.18. The number of hydrogen-bond acceptors (Lipinski definition) is 4. The van der Waals surface area contributed by atoms with Crippen LogP contribution in [0.1, 0.15) is 49.2 Å². The second kappa shape index (κ2) is 10.7. The molecule has 0 unspecified atom stereocenters. The molecule has 0 saturated carbocycles. The van der Waals surface area contributed by atoms with Crippen molar-refractivity contribution in [2.75, 3.05) is 18.4 Å². The van der Waals surface area contributed by atoms with Gasteiger partial charge in [0.1, 0.15) is 6.04 Å². The van der Waals surface area contributed by atoms with Gasteiger partial charge in [-0.1, -0.05) is 39.8 Å². The van der Waals surface area contributed by atoms with Gasteiger partial charge >= 0.3 is 0 Å². The molecule has 2 aromatic carbocycles. The number of benzene rings is 2. The number of aryl methyl sites for hydroxylation is 2. The van der Waals surface area contributed by atoms with Crippen LogP contribution in [0.4, 0.5) is 5.69 Å². The van der Waals surface area contributed by atoms with Crippen LogP contribution in [-0.4, -0.2) is 43.7 Å². The van der Waals surface area contributed by atoms with Crippen LogP contribution < -0.4 is 10.6 Å². The molecule has 0 saturated heterocycles. The molecule has 0 radical (unpaired) electrons. The molecule has 174 valence electrons. The lowest BCUT2D eigenvalue weighted by atomic mass is 10.0. The zero-order chi connectivity index (χ0) is 24.1. The molecule has 0 aliphatic carbocycles. The molecule has 2 rings (SSSR count). The number of carbonyl (C=O) groups is 2. The molecular formula is C24H33N3O4S. The fourth-order valence-electron chi connectivity index (χ4n) is 3.54. The lowest BCUT2D eigenvalue weighted by molar-refractivity contribution is -0.118. The second-order valence-corrected chi connectivity index (χ2v) is 10.1. The van der Waals surface area contributed by atoms with Gasteiger partial charge in [0, 0.05) is 24.3 Å². The Bertz CT molecular complexity index is 1060. The summed E-state index contributed by atoms with van der Waals surface area (Å²) in [6.45, 7) is 11.8. The first kappa shape index (κ1) is 25.5. The van der Waals surface area contributed by atoms with Gasteiger partial charge in [-0.3, -0.25) is 9.59 Å². The Labute approximate surface area is 191 Å². The van der Waals surface area contributed by atoms with Crippen molar-refractivity contribution in [2.24, 2.45) is 5.92 Å². The van der Waals surface area contributed by atoms with Crippen LogP contribution in [0, 0.1) is 19.8 Å². The first-order valence-corrected chi connectivity index (χ1v) is 12.2. The minimum Gasteiger partial charge on any atom is -0.340 e. The molecule has 0 fully saturated rings. The summed E-state index contributed by atoms with van der Waals surface area (Å²) >= 11 is 0. The average Bonchev–Trinajstić information content (AvgIpc) is 2.71. The maximum absolute atomic E-state index is 12.9. The van der Waals surface area contributed by atoms with Crippen LogP contribution in [-0.2, 0) is 14.8 Å². The molecular weight excluding hydrogens is 426 g/mol. The molecule has 8 heteroatoms. The number of sulfonamides is 1. The largest absolute Gasteiger partial charge is 0.340 e. The summed E-state index contributed by atoms with van der Waals surface area (Å²) in [7, 11) is -3.69. The highest BCUT2D eigenvalue weighted by atomic mass is 32.2. The highest BCUT2D eigenvalue weighted by Gasteiger charge is 2.26. The van der Waals surface area contributed by atoms with Gasteiger partial charge in [0.25, 0.3) is 5.91 Å². The van der Waals surface area contributed by atoms with Crippen molar-refractivity contribution in [3.63, 3.8) is 0 Å². The Morgan fingerprint density at radius 1 is 0.969 bits per heavy atom. The van der Waals surface area contributed by atoms with Crippen molar-refractivity contribution in [1.82, 2.24) is 9.62 Å². The zero-order valence-electron chi connectivity index (χ0n) is 19.6. The Morgan fingerprint density at radius 3 is 2.09 bits per heavy atom. The minimum atomic E-state index is -3.69. The standard InChI is InChI=1S/C24H33N3O4S/c1-7-27(8-2)32(30,31)21-11-9-10-19(15-21)23(28)26-22(16(3)4)24(29)25-20-13-17(5)12-18(6)14-20/h9-16,22H,7-8H2,1-6H3,(H,25,29)(H,26,28)/t22-/m1/s1. The molecule has 7 nitrogen and oxygen atoms in total. The van der Waals surface area contributed by atoms with Crippen molar-refractivity contribution in [1.29, 1.82) is 0 Å². The lowest BCUT2D eigenvalue weighted by Crippen LogP contribution is -2.47.